The second-order valence-electron chi connectivity index (χ2n) is 9.70. The van der Waals surface area contributed by atoms with Crippen LogP contribution in [0.3, 0.4) is 0 Å². The number of amides is 2. The Hall–Kier alpha value is -2.83. The Morgan fingerprint density at radius 3 is 2.67 bits per heavy atom. The number of ether oxygens (including phenoxy) is 1. The van der Waals surface area contributed by atoms with Gasteiger partial charge in [-0.25, -0.2) is 0 Å². The largest absolute Gasteiger partial charge is 0.491 e. The fourth-order valence-electron chi connectivity index (χ4n) is 4.59. The Labute approximate surface area is 222 Å². The van der Waals surface area contributed by atoms with Crippen molar-refractivity contribution in [2.45, 2.75) is 39.7 Å². The van der Waals surface area contributed by atoms with E-state index in [1.165, 1.54) is 4.88 Å². The van der Waals surface area contributed by atoms with E-state index in [0.29, 0.717) is 24.7 Å². The van der Waals surface area contributed by atoms with Gasteiger partial charge in [-0.3, -0.25) is 9.59 Å². The van der Waals surface area contributed by atoms with Crippen LogP contribution in [0, 0.1) is 12.8 Å². The maximum atomic E-state index is 13.7. The van der Waals surface area contributed by atoms with Gasteiger partial charge in [0.15, 0.2) is 0 Å². The summed E-state index contributed by atoms with van der Waals surface area (Å²) in [5, 5.41) is 2.77. The molecule has 3 aromatic rings. The number of hydrogen-bond acceptors (Lipinski definition) is 4. The van der Waals surface area contributed by atoms with Gasteiger partial charge in [-0.15, -0.1) is 11.3 Å². The summed E-state index contributed by atoms with van der Waals surface area (Å²) >= 11 is 7.89. The quantitative estimate of drug-likeness (QED) is 0.348. The van der Waals surface area contributed by atoms with Gasteiger partial charge in [0.1, 0.15) is 12.4 Å². The molecular formula is C29H33ClN2O3S. The lowest BCUT2D eigenvalue weighted by Gasteiger charge is -2.37. The molecule has 0 bridgehead atoms. The van der Waals surface area contributed by atoms with Gasteiger partial charge in [-0.1, -0.05) is 55.8 Å². The first kappa shape index (κ1) is 26.2. The number of carbonyl (C=O) groups excluding carboxylic acids is 2. The molecule has 1 aliphatic heterocycles. The minimum absolute atomic E-state index is 0.0269. The van der Waals surface area contributed by atoms with E-state index in [2.05, 4.69) is 25.3 Å². The van der Waals surface area contributed by atoms with Gasteiger partial charge in [0.05, 0.1) is 19.0 Å². The molecular weight excluding hydrogens is 492 g/mol. The lowest BCUT2D eigenvalue weighted by molar-refractivity contribution is -0.142. The Bertz CT molecular complexity index is 1190. The summed E-state index contributed by atoms with van der Waals surface area (Å²) < 4.78 is 6.16. The highest BCUT2D eigenvalue weighted by molar-refractivity contribution is 7.10. The van der Waals surface area contributed by atoms with Crippen molar-refractivity contribution in [3.05, 3.63) is 86.6 Å². The lowest BCUT2D eigenvalue weighted by Crippen LogP contribution is -2.48. The summed E-state index contributed by atoms with van der Waals surface area (Å²) in [6, 6.07) is 17.2. The average molecular weight is 525 g/mol. The van der Waals surface area contributed by atoms with Gasteiger partial charge >= 0.3 is 0 Å². The van der Waals surface area contributed by atoms with Crippen LogP contribution in [0.2, 0.25) is 5.02 Å². The molecule has 0 N–H and O–H groups in total. The number of rotatable bonds is 9. The summed E-state index contributed by atoms with van der Waals surface area (Å²) in [5.41, 5.74) is 3.04. The van der Waals surface area contributed by atoms with E-state index in [0.717, 1.165) is 28.9 Å². The highest BCUT2D eigenvalue weighted by Crippen LogP contribution is 2.34. The molecule has 0 radical (unpaired) electrons. The standard InChI is InChI=1S/C29H33ClN2O3S/c1-20(2)17-31(28(33)16-22-7-5-4-6-8-22)18-29(34)32-13-11-27-24(12-14-36-27)26(32)19-35-23-9-10-25(30)21(3)15-23/h4-10,12,14-15,20,26H,11,13,16-19H2,1-3H3/t26-/m1/s1. The van der Waals surface area contributed by atoms with E-state index in [1.807, 2.05) is 60.4 Å². The van der Waals surface area contributed by atoms with E-state index in [9.17, 15) is 9.59 Å². The number of aryl methyl sites for hydroxylation is 1. The SMILES string of the molecule is Cc1cc(OC[C@@H]2c3ccsc3CCN2C(=O)CN(CC(C)C)C(=O)Cc2ccccc2)ccc1Cl. The first-order chi connectivity index (χ1) is 17.3. The number of halogens is 1. The van der Waals surface area contributed by atoms with Crippen molar-refractivity contribution in [2.24, 2.45) is 5.92 Å². The van der Waals surface area contributed by atoms with E-state index >= 15 is 0 Å². The van der Waals surface area contributed by atoms with E-state index in [-0.39, 0.29) is 36.7 Å². The van der Waals surface area contributed by atoms with Crippen molar-refractivity contribution in [3.8, 4) is 5.75 Å². The predicted molar refractivity (Wildman–Crippen MR) is 146 cm³/mol. The fraction of sp³-hybridized carbons (Fsp3) is 0.379. The predicted octanol–water partition coefficient (Wildman–Crippen LogP) is 5.94. The van der Waals surface area contributed by atoms with Gasteiger partial charge in [0, 0.05) is 23.0 Å². The molecule has 1 atom stereocenters. The number of carbonyl (C=O) groups is 2. The normalized spacial score (nSPS) is 15.0. The van der Waals surface area contributed by atoms with Crippen molar-refractivity contribution < 1.29 is 14.3 Å². The van der Waals surface area contributed by atoms with Crippen LogP contribution in [0.25, 0.3) is 0 Å². The second-order valence-corrected chi connectivity index (χ2v) is 11.1. The summed E-state index contributed by atoms with van der Waals surface area (Å²) in [4.78, 5) is 31.8. The first-order valence-corrected chi connectivity index (χ1v) is 13.6. The number of fused-ring (bicyclic) bond motifs is 1. The summed E-state index contributed by atoms with van der Waals surface area (Å²) in [5.74, 6) is 0.913. The third-order valence-corrected chi connectivity index (χ3v) is 7.84. The van der Waals surface area contributed by atoms with Crippen molar-refractivity contribution in [1.29, 1.82) is 0 Å². The molecule has 1 aliphatic rings. The molecule has 190 valence electrons. The molecule has 0 saturated carbocycles. The van der Waals surface area contributed by atoms with Crippen molar-refractivity contribution in [3.63, 3.8) is 0 Å². The number of nitrogens with zero attached hydrogens (tertiary/aromatic N) is 2. The molecule has 2 heterocycles. The van der Waals surface area contributed by atoms with Crippen LogP contribution in [0.5, 0.6) is 5.75 Å². The molecule has 5 nitrogen and oxygen atoms in total. The van der Waals surface area contributed by atoms with Crippen LogP contribution in [-0.4, -0.2) is 47.9 Å². The molecule has 1 aromatic heterocycles. The van der Waals surface area contributed by atoms with Gasteiger partial charge in [-0.05, 0) is 65.6 Å². The van der Waals surface area contributed by atoms with Crippen LogP contribution >= 0.6 is 22.9 Å². The summed E-state index contributed by atoms with van der Waals surface area (Å²) in [7, 11) is 0. The maximum Gasteiger partial charge on any atom is 0.242 e. The van der Waals surface area contributed by atoms with E-state index in [4.69, 9.17) is 16.3 Å². The highest BCUT2D eigenvalue weighted by Gasteiger charge is 2.33. The highest BCUT2D eigenvalue weighted by atomic mass is 35.5. The van der Waals surface area contributed by atoms with Crippen LogP contribution in [0.1, 0.15) is 41.5 Å². The van der Waals surface area contributed by atoms with Crippen LogP contribution in [0.4, 0.5) is 0 Å². The third-order valence-electron chi connectivity index (χ3n) is 6.42. The number of thiophene rings is 1. The zero-order valence-electron chi connectivity index (χ0n) is 21.1. The van der Waals surface area contributed by atoms with Gasteiger partial charge < -0.3 is 14.5 Å². The Morgan fingerprint density at radius 2 is 1.94 bits per heavy atom. The fourth-order valence-corrected chi connectivity index (χ4v) is 5.63. The zero-order chi connectivity index (χ0) is 25.7. The molecule has 2 amide bonds. The molecule has 0 fully saturated rings. The Balaban J connectivity index is 1.50. The maximum absolute atomic E-state index is 13.7. The lowest BCUT2D eigenvalue weighted by atomic mass is 10.00. The van der Waals surface area contributed by atoms with E-state index < -0.39 is 0 Å². The first-order valence-electron chi connectivity index (χ1n) is 12.4. The monoisotopic (exact) mass is 524 g/mol. The van der Waals surface area contributed by atoms with Crippen molar-refractivity contribution >= 4 is 34.8 Å². The van der Waals surface area contributed by atoms with Crippen LogP contribution in [-0.2, 0) is 22.4 Å². The Morgan fingerprint density at radius 1 is 1.17 bits per heavy atom. The average Bonchev–Trinajstić information content (AvgIpc) is 3.33. The van der Waals surface area contributed by atoms with Gasteiger partial charge in [0.2, 0.25) is 11.8 Å². The van der Waals surface area contributed by atoms with Crippen LogP contribution < -0.4 is 4.74 Å². The van der Waals surface area contributed by atoms with Gasteiger partial charge in [-0.2, -0.15) is 0 Å². The number of benzene rings is 2. The molecule has 0 unspecified atom stereocenters. The molecule has 7 heteroatoms. The molecule has 36 heavy (non-hydrogen) atoms. The molecule has 0 spiro atoms. The molecule has 0 aliphatic carbocycles. The summed E-state index contributed by atoms with van der Waals surface area (Å²) in [6.07, 6.45) is 1.11. The summed E-state index contributed by atoms with van der Waals surface area (Å²) in [6.45, 7) is 7.65. The zero-order valence-corrected chi connectivity index (χ0v) is 22.6. The van der Waals surface area contributed by atoms with Gasteiger partial charge in [0.25, 0.3) is 0 Å². The van der Waals surface area contributed by atoms with Crippen molar-refractivity contribution in [1.82, 2.24) is 9.80 Å². The molecule has 4 rings (SSSR count). The third kappa shape index (κ3) is 6.48. The topological polar surface area (TPSA) is 49.9 Å². The van der Waals surface area contributed by atoms with Crippen molar-refractivity contribution in [2.75, 3.05) is 26.2 Å². The van der Waals surface area contributed by atoms with Crippen LogP contribution in [0.15, 0.2) is 60.0 Å². The van der Waals surface area contributed by atoms with E-state index in [1.54, 1.807) is 16.2 Å². The molecule has 2 aromatic carbocycles. The smallest absolute Gasteiger partial charge is 0.242 e. The number of hydrogen-bond donors (Lipinski definition) is 0. The second kappa shape index (κ2) is 11.9. The molecule has 0 saturated heterocycles. The minimum Gasteiger partial charge on any atom is -0.491 e. The minimum atomic E-state index is -0.200. The Kier molecular flexibility index (Phi) is 8.70.